The molecule has 0 saturated heterocycles. The first-order chi connectivity index (χ1) is 10.9. The Morgan fingerprint density at radius 1 is 1.13 bits per heavy atom. The second kappa shape index (κ2) is 5.22. The number of aliphatic hydroxyl groups excluding tert-OH is 1. The van der Waals surface area contributed by atoms with Crippen LogP contribution >= 0.6 is 0 Å². The van der Waals surface area contributed by atoms with Crippen molar-refractivity contribution in [3.8, 4) is 0 Å². The van der Waals surface area contributed by atoms with Crippen molar-refractivity contribution >= 4 is 0 Å². The minimum absolute atomic E-state index is 0.0843. The average Bonchev–Trinajstić information content (AvgIpc) is 2.85. The molecule has 0 aromatic heterocycles. The minimum Gasteiger partial charge on any atom is -0.393 e. The number of allylic oxidation sites excluding steroid dienone is 2. The molecule has 7 unspecified atom stereocenters. The molecular weight excluding hydrogens is 280 g/mol. The Kier molecular flexibility index (Phi) is 3.61. The fourth-order valence-corrected chi connectivity index (χ4v) is 7.45. The normalized spacial score (nSPS) is 52.2. The van der Waals surface area contributed by atoms with Crippen LogP contribution in [-0.2, 0) is 0 Å². The second-order valence-corrected chi connectivity index (χ2v) is 9.68. The Hall–Kier alpha value is -0.560. The summed E-state index contributed by atoms with van der Waals surface area (Å²) in [6.07, 6.45) is 12.4. The molecule has 0 aliphatic heterocycles. The summed E-state index contributed by atoms with van der Waals surface area (Å²) >= 11 is 0. The van der Waals surface area contributed by atoms with Gasteiger partial charge in [-0.25, -0.2) is 0 Å². The van der Waals surface area contributed by atoms with Gasteiger partial charge in [0.1, 0.15) is 0 Å². The molecule has 1 N–H and O–H groups in total. The van der Waals surface area contributed by atoms with Gasteiger partial charge in [0.2, 0.25) is 0 Å². The van der Waals surface area contributed by atoms with E-state index in [1.54, 1.807) is 5.57 Å². The molecule has 4 aliphatic carbocycles. The van der Waals surface area contributed by atoms with Gasteiger partial charge in [-0.05, 0) is 92.8 Å². The van der Waals surface area contributed by atoms with E-state index in [0.29, 0.717) is 10.8 Å². The highest BCUT2D eigenvalue weighted by Crippen LogP contribution is 2.66. The van der Waals surface area contributed by atoms with Crippen molar-refractivity contribution in [2.24, 2.45) is 34.5 Å². The van der Waals surface area contributed by atoms with Crippen LogP contribution in [0.15, 0.2) is 23.8 Å². The van der Waals surface area contributed by atoms with Crippen molar-refractivity contribution in [2.75, 3.05) is 0 Å². The van der Waals surface area contributed by atoms with Gasteiger partial charge in [0.25, 0.3) is 0 Å². The predicted octanol–water partition coefficient (Wildman–Crippen LogP) is 5.50. The second-order valence-electron chi connectivity index (χ2n) is 9.68. The molecule has 4 aliphatic rings. The summed E-state index contributed by atoms with van der Waals surface area (Å²) in [5.74, 6) is 3.38. The molecule has 0 aromatic rings. The van der Waals surface area contributed by atoms with E-state index in [1.807, 2.05) is 0 Å². The zero-order chi connectivity index (χ0) is 16.4. The van der Waals surface area contributed by atoms with Crippen molar-refractivity contribution in [3.05, 3.63) is 23.8 Å². The van der Waals surface area contributed by atoms with Crippen LogP contribution in [0.5, 0.6) is 0 Å². The van der Waals surface area contributed by atoms with E-state index in [-0.39, 0.29) is 6.10 Å². The molecule has 0 heterocycles. The van der Waals surface area contributed by atoms with Gasteiger partial charge in [0, 0.05) is 0 Å². The Balaban J connectivity index is 1.66. The molecule has 0 bridgehead atoms. The molecule has 7 atom stereocenters. The highest BCUT2D eigenvalue weighted by Gasteiger charge is 2.58. The minimum atomic E-state index is -0.0843. The van der Waals surface area contributed by atoms with E-state index in [0.717, 1.165) is 36.5 Å². The van der Waals surface area contributed by atoms with Gasteiger partial charge in [-0.15, -0.1) is 0 Å². The van der Waals surface area contributed by atoms with Gasteiger partial charge in [-0.2, -0.15) is 0 Å². The van der Waals surface area contributed by atoms with Crippen molar-refractivity contribution in [3.63, 3.8) is 0 Å². The van der Waals surface area contributed by atoms with E-state index in [2.05, 4.69) is 33.4 Å². The summed E-state index contributed by atoms with van der Waals surface area (Å²) in [6, 6.07) is 0. The molecule has 1 nitrogen and oxygen atoms in total. The zero-order valence-corrected chi connectivity index (χ0v) is 15.3. The lowest BCUT2D eigenvalue weighted by Gasteiger charge is -2.58. The summed E-state index contributed by atoms with van der Waals surface area (Å²) in [5, 5.41) is 10.1. The number of hydrogen-bond donors (Lipinski definition) is 1. The van der Waals surface area contributed by atoms with Crippen molar-refractivity contribution in [2.45, 2.75) is 78.2 Å². The molecule has 3 fully saturated rings. The molecule has 0 aromatic carbocycles. The lowest BCUT2D eigenvalue weighted by molar-refractivity contribution is -0.0453. The highest BCUT2D eigenvalue weighted by atomic mass is 16.3. The van der Waals surface area contributed by atoms with Gasteiger partial charge in [-0.1, -0.05) is 37.6 Å². The number of hydrogen-bond acceptors (Lipinski definition) is 1. The number of aliphatic hydroxyl groups is 1. The maximum atomic E-state index is 10.1. The summed E-state index contributed by atoms with van der Waals surface area (Å²) in [4.78, 5) is 0. The monoisotopic (exact) mass is 314 g/mol. The third-order valence-corrected chi connectivity index (χ3v) is 8.67. The zero-order valence-electron chi connectivity index (χ0n) is 15.3. The first kappa shape index (κ1) is 15.9. The van der Waals surface area contributed by atoms with E-state index < -0.39 is 0 Å². The molecule has 23 heavy (non-hydrogen) atoms. The Bertz CT molecular complexity index is 546. The Labute approximate surface area is 142 Å². The van der Waals surface area contributed by atoms with Crippen LogP contribution in [0.3, 0.4) is 0 Å². The smallest absolute Gasteiger partial charge is 0.0577 e. The quantitative estimate of drug-likeness (QED) is 0.633. The van der Waals surface area contributed by atoms with Gasteiger partial charge in [0.15, 0.2) is 0 Å². The van der Waals surface area contributed by atoms with E-state index >= 15 is 0 Å². The number of fused-ring (bicyclic) bond motifs is 5. The van der Waals surface area contributed by atoms with E-state index in [9.17, 15) is 5.11 Å². The highest BCUT2D eigenvalue weighted by molar-refractivity contribution is 5.26. The van der Waals surface area contributed by atoms with Crippen LogP contribution in [0.2, 0.25) is 0 Å². The van der Waals surface area contributed by atoms with Crippen LogP contribution in [0.4, 0.5) is 0 Å². The summed E-state index contributed by atoms with van der Waals surface area (Å²) < 4.78 is 0. The molecule has 0 spiro atoms. The molecule has 4 rings (SSSR count). The fraction of sp³-hybridized carbons (Fsp3) is 0.818. The van der Waals surface area contributed by atoms with E-state index in [4.69, 9.17) is 0 Å². The van der Waals surface area contributed by atoms with E-state index in [1.165, 1.54) is 44.1 Å². The van der Waals surface area contributed by atoms with Gasteiger partial charge in [-0.3, -0.25) is 0 Å². The average molecular weight is 315 g/mol. The Morgan fingerprint density at radius 3 is 2.65 bits per heavy atom. The lowest BCUT2D eigenvalue weighted by atomic mass is 9.47. The maximum Gasteiger partial charge on any atom is 0.0577 e. The van der Waals surface area contributed by atoms with Gasteiger partial charge < -0.3 is 5.11 Å². The first-order valence-corrected chi connectivity index (χ1v) is 9.89. The summed E-state index contributed by atoms with van der Waals surface area (Å²) in [7, 11) is 0. The maximum absolute atomic E-state index is 10.1. The van der Waals surface area contributed by atoms with Crippen LogP contribution in [-0.4, -0.2) is 11.2 Å². The molecular formula is C22H34O. The fourth-order valence-electron chi connectivity index (χ4n) is 7.45. The van der Waals surface area contributed by atoms with Gasteiger partial charge in [0.05, 0.1) is 6.10 Å². The van der Waals surface area contributed by atoms with Crippen molar-refractivity contribution in [1.82, 2.24) is 0 Å². The largest absolute Gasteiger partial charge is 0.393 e. The van der Waals surface area contributed by atoms with Crippen LogP contribution in [0.25, 0.3) is 0 Å². The van der Waals surface area contributed by atoms with Crippen LogP contribution in [0.1, 0.15) is 72.1 Å². The molecule has 3 saturated carbocycles. The Morgan fingerprint density at radius 2 is 1.91 bits per heavy atom. The standard InChI is InChI=1S/C22H34O/c1-14(2)18-7-8-19-17-6-5-15-13-16(23)9-11-21(15,3)20(17)10-12-22(18,19)4/h5,16-20,23H,1,6-13H2,2-4H3. The summed E-state index contributed by atoms with van der Waals surface area (Å²) in [6.45, 7) is 11.7. The lowest BCUT2D eigenvalue weighted by Crippen LogP contribution is -2.50. The van der Waals surface area contributed by atoms with Crippen molar-refractivity contribution in [1.29, 1.82) is 0 Å². The van der Waals surface area contributed by atoms with Crippen LogP contribution in [0, 0.1) is 34.5 Å². The molecule has 0 amide bonds. The molecule has 0 radical (unpaired) electrons. The molecule has 128 valence electrons. The summed E-state index contributed by atoms with van der Waals surface area (Å²) in [5.41, 5.74) is 3.90. The van der Waals surface area contributed by atoms with Crippen molar-refractivity contribution < 1.29 is 5.11 Å². The van der Waals surface area contributed by atoms with Gasteiger partial charge >= 0.3 is 0 Å². The molecule has 1 heteroatoms. The predicted molar refractivity (Wildman–Crippen MR) is 96.0 cm³/mol. The first-order valence-electron chi connectivity index (χ1n) is 9.89. The number of rotatable bonds is 1. The third-order valence-electron chi connectivity index (χ3n) is 8.67. The SMILES string of the molecule is C=C(C)C1CCC2C3CC=C4CC(O)CCC4(C)C3CCC12C. The van der Waals surface area contributed by atoms with Crippen LogP contribution < -0.4 is 0 Å². The topological polar surface area (TPSA) is 20.2 Å². The third kappa shape index (κ3) is 2.15.